The molecule has 1 saturated carbocycles. The summed E-state index contributed by atoms with van der Waals surface area (Å²) in [6.07, 6.45) is 6.07. The number of hydrogen-bond acceptors (Lipinski definition) is 1. The van der Waals surface area contributed by atoms with Crippen molar-refractivity contribution in [1.82, 2.24) is 5.32 Å². The fourth-order valence-corrected chi connectivity index (χ4v) is 3.73. The highest BCUT2D eigenvalue weighted by Gasteiger charge is 2.21. The molecule has 0 aromatic heterocycles. The Morgan fingerprint density at radius 3 is 2.50 bits per heavy atom. The molecule has 2 nitrogen and oxygen atoms in total. The third-order valence-corrected chi connectivity index (χ3v) is 5.15. The van der Waals surface area contributed by atoms with E-state index in [1.807, 2.05) is 0 Å². The van der Waals surface area contributed by atoms with Gasteiger partial charge in [0.05, 0.1) is 0 Å². The van der Waals surface area contributed by atoms with Gasteiger partial charge in [0.15, 0.2) is 5.11 Å². The van der Waals surface area contributed by atoms with Crippen molar-refractivity contribution < 1.29 is 0 Å². The molecule has 2 aromatic rings. The van der Waals surface area contributed by atoms with Crippen LogP contribution in [0.5, 0.6) is 0 Å². The number of rotatable bonds is 4. The molecule has 0 amide bonds. The van der Waals surface area contributed by atoms with Crippen molar-refractivity contribution in [2.24, 2.45) is 5.92 Å². The SMILES string of the molecule is C[C@H]1CCCC[C@@H]1NC(=S)Nc1ccccc1Cc1ccccc1. The summed E-state index contributed by atoms with van der Waals surface area (Å²) in [7, 11) is 0. The fourth-order valence-electron chi connectivity index (χ4n) is 3.47. The van der Waals surface area contributed by atoms with Crippen LogP contribution >= 0.6 is 12.2 Å². The monoisotopic (exact) mass is 338 g/mol. The molecular weight excluding hydrogens is 312 g/mol. The molecule has 0 spiro atoms. The highest BCUT2D eigenvalue weighted by Crippen LogP contribution is 2.24. The molecule has 0 saturated heterocycles. The lowest BCUT2D eigenvalue weighted by atomic mass is 9.86. The zero-order valence-corrected chi connectivity index (χ0v) is 15.1. The molecule has 1 fully saturated rings. The van der Waals surface area contributed by atoms with E-state index in [1.54, 1.807) is 0 Å². The van der Waals surface area contributed by atoms with Crippen LogP contribution in [0.1, 0.15) is 43.7 Å². The van der Waals surface area contributed by atoms with Crippen LogP contribution in [0.2, 0.25) is 0 Å². The van der Waals surface area contributed by atoms with Gasteiger partial charge in [0.2, 0.25) is 0 Å². The van der Waals surface area contributed by atoms with Crippen LogP contribution in [0, 0.1) is 5.92 Å². The Morgan fingerprint density at radius 1 is 1.00 bits per heavy atom. The standard InChI is InChI=1S/C21H26N2S/c1-16-9-5-7-13-19(16)22-21(24)23-20-14-8-6-12-18(20)15-17-10-3-2-4-11-17/h2-4,6,8,10-12,14,16,19H,5,7,9,13,15H2,1H3,(H2,22,23,24)/t16-,19-/m0/s1. The first-order valence-electron chi connectivity index (χ1n) is 8.92. The van der Waals surface area contributed by atoms with Gasteiger partial charge < -0.3 is 10.6 Å². The third-order valence-electron chi connectivity index (χ3n) is 4.93. The Kier molecular flexibility index (Phi) is 5.86. The maximum Gasteiger partial charge on any atom is 0.171 e. The highest BCUT2D eigenvalue weighted by atomic mass is 32.1. The molecule has 0 heterocycles. The van der Waals surface area contributed by atoms with E-state index in [1.165, 1.54) is 36.8 Å². The molecule has 2 atom stereocenters. The molecule has 1 aliphatic carbocycles. The van der Waals surface area contributed by atoms with E-state index in [9.17, 15) is 0 Å². The normalized spacial score (nSPS) is 20.4. The van der Waals surface area contributed by atoms with Gasteiger partial charge in [0, 0.05) is 11.7 Å². The molecule has 0 radical (unpaired) electrons. The van der Waals surface area contributed by atoms with Crippen LogP contribution in [-0.2, 0) is 6.42 Å². The highest BCUT2D eigenvalue weighted by molar-refractivity contribution is 7.80. The predicted octanol–water partition coefficient (Wildman–Crippen LogP) is 5.14. The summed E-state index contributed by atoms with van der Waals surface area (Å²) in [6.45, 7) is 2.32. The van der Waals surface area contributed by atoms with E-state index in [0.29, 0.717) is 12.0 Å². The van der Waals surface area contributed by atoms with Crippen LogP contribution in [0.3, 0.4) is 0 Å². The van der Waals surface area contributed by atoms with E-state index in [4.69, 9.17) is 12.2 Å². The Labute approximate surface area is 150 Å². The minimum atomic E-state index is 0.500. The van der Waals surface area contributed by atoms with Crippen LogP contribution in [-0.4, -0.2) is 11.2 Å². The second-order valence-corrected chi connectivity index (χ2v) is 7.19. The number of hydrogen-bond donors (Lipinski definition) is 2. The van der Waals surface area contributed by atoms with Crippen LogP contribution < -0.4 is 10.6 Å². The van der Waals surface area contributed by atoms with Gasteiger partial charge in [-0.25, -0.2) is 0 Å². The molecule has 126 valence electrons. The van der Waals surface area contributed by atoms with Crippen molar-refractivity contribution in [2.75, 3.05) is 5.32 Å². The quantitative estimate of drug-likeness (QED) is 0.755. The first-order valence-corrected chi connectivity index (χ1v) is 9.32. The molecule has 0 unspecified atom stereocenters. The second kappa shape index (κ2) is 8.29. The lowest BCUT2D eigenvalue weighted by molar-refractivity contribution is 0.309. The van der Waals surface area contributed by atoms with Crippen molar-refractivity contribution in [3.05, 3.63) is 65.7 Å². The minimum Gasteiger partial charge on any atom is -0.359 e. The number of para-hydroxylation sites is 1. The van der Waals surface area contributed by atoms with E-state index < -0.39 is 0 Å². The summed E-state index contributed by atoms with van der Waals surface area (Å²) in [5.74, 6) is 0.693. The molecule has 2 N–H and O–H groups in total. The van der Waals surface area contributed by atoms with E-state index in [2.05, 4.69) is 72.2 Å². The van der Waals surface area contributed by atoms with Crippen molar-refractivity contribution in [3.8, 4) is 0 Å². The molecule has 3 heteroatoms. The molecular formula is C21H26N2S. The first kappa shape index (κ1) is 17.0. The molecule has 0 aliphatic heterocycles. The van der Waals surface area contributed by atoms with Crippen molar-refractivity contribution in [3.63, 3.8) is 0 Å². The number of benzene rings is 2. The van der Waals surface area contributed by atoms with Crippen LogP contribution in [0.15, 0.2) is 54.6 Å². The molecule has 24 heavy (non-hydrogen) atoms. The average Bonchev–Trinajstić information content (AvgIpc) is 2.60. The van der Waals surface area contributed by atoms with Crippen LogP contribution in [0.25, 0.3) is 0 Å². The molecule has 0 bridgehead atoms. The largest absolute Gasteiger partial charge is 0.359 e. The maximum absolute atomic E-state index is 5.57. The van der Waals surface area contributed by atoms with Gasteiger partial charge in [-0.05, 0) is 54.6 Å². The van der Waals surface area contributed by atoms with E-state index >= 15 is 0 Å². The molecule has 1 aliphatic rings. The van der Waals surface area contributed by atoms with Gasteiger partial charge in [0.25, 0.3) is 0 Å². The summed E-state index contributed by atoms with van der Waals surface area (Å²) in [6, 6.07) is 19.5. The molecule has 3 rings (SSSR count). The summed E-state index contributed by atoms with van der Waals surface area (Å²) in [5, 5.41) is 7.69. The summed E-state index contributed by atoms with van der Waals surface area (Å²) < 4.78 is 0. The maximum atomic E-state index is 5.57. The Balaban J connectivity index is 1.65. The first-order chi connectivity index (χ1) is 11.7. The van der Waals surface area contributed by atoms with Gasteiger partial charge in [-0.1, -0.05) is 68.3 Å². The van der Waals surface area contributed by atoms with Gasteiger partial charge in [0.1, 0.15) is 0 Å². The fraction of sp³-hybridized carbons (Fsp3) is 0.381. The summed E-state index contributed by atoms with van der Waals surface area (Å²) in [5.41, 5.74) is 3.68. The van der Waals surface area contributed by atoms with E-state index in [0.717, 1.165) is 17.2 Å². The Morgan fingerprint density at radius 2 is 1.71 bits per heavy atom. The lowest BCUT2D eigenvalue weighted by Crippen LogP contribution is -2.43. The van der Waals surface area contributed by atoms with Gasteiger partial charge in [-0.15, -0.1) is 0 Å². The smallest absolute Gasteiger partial charge is 0.171 e. The number of thiocarbonyl (C=S) groups is 1. The zero-order chi connectivity index (χ0) is 16.8. The van der Waals surface area contributed by atoms with Crippen molar-refractivity contribution in [1.29, 1.82) is 0 Å². The minimum absolute atomic E-state index is 0.500. The predicted molar refractivity (Wildman–Crippen MR) is 106 cm³/mol. The van der Waals surface area contributed by atoms with Crippen molar-refractivity contribution >= 4 is 23.0 Å². The summed E-state index contributed by atoms with van der Waals surface area (Å²) in [4.78, 5) is 0. The van der Waals surface area contributed by atoms with Crippen LogP contribution in [0.4, 0.5) is 5.69 Å². The van der Waals surface area contributed by atoms with Gasteiger partial charge in [-0.2, -0.15) is 0 Å². The zero-order valence-electron chi connectivity index (χ0n) is 14.3. The lowest BCUT2D eigenvalue weighted by Gasteiger charge is -2.30. The summed E-state index contributed by atoms with van der Waals surface area (Å²) >= 11 is 5.57. The molecule has 2 aromatic carbocycles. The number of anilines is 1. The average molecular weight is 339 g/mol. The van der Waals surface area contributed by atoms with Gasteiger partial charge >= 0.3 is 0 Å². The Bertz CT molecular complexity index is 669. The topological polar surface area (TPSA) is 24.1 Å². The van der Waals surface area contributed by atoms with E-state index in [-0.39, 0.29) is 0 Å². The Hall–Kier alpha value is -1.87. The van der Waals surface area contributed by atoms with Crippen molar-refractivity contribution in [2.45, 2.75) is 45.1 Å². The second-order valence-electron chi connectivity index (χ2n) is 6.79. The third kappa shape index (κ3) is 4.57. The van der Waals surface area contributed by atoms with Gasteiger partial charge in [-0.3, -0.25) is 0 Å². The number of nitrogens with one attached hydrogen (secondary N) is 2.